The number of benzene rings is 1. The maximum absolute atomic E-state index is 12.3. The standard InChI is InChI=1S/C25H29N3O4S/c1-17-14-20(18-10-12-27(13-11-18)24(29)32-25(2,3)4)15-28-16-22(26-23(17)28)19-6-8-21(9-7-19)33(5,30)31/h6-10,14-16H,11-13H2,1-5H3. The molecule has 8 heteroatoms. The number of amides is 1. The Hall–Kier alpha value is -3.13. The monoisotopic (exact) mass is 467 g/mol. The smallest absolute Gasteiger partial charge is 0.410 e. The van der Waals surface area contributed by atoms with Crippen molar-refractivity contribution in [3.8, 4) is 11.3 Å². The average Bonchev–Trinajstić information content (AvgIpc) is 3.17. The number of carbonyl (C=O) groups excluding carboxylic acids is 1. The largest absolute Gasteiger partial charge is 0.444 e. The Morgan fingerprint density at radius 1 is 1.09 bits per heavy atom. The second-order valence-corrected chi connectivity index (χ2v) is 11.5. The molecule has 0 spiro atoms. The van der Waals surface area contributed by atoms with Crippen LogP contribution in [0.3, 0.4) is 0 Å². The van der Waals surface area contributed by atoms with E-state index in [1.807, 2.05) is 38.3 Å². The first kappa shape index (κ1) is 23.0. The molecule has 0 unspecified atom stereocenters. The molecule has 174 valence electrons. The molecule has 33 heavy (non-hydrogen) atoms. The average molecular weight is 468 g/mol. The summed E-state index contributed by atoms with van der Waals surface area (Å²) in [7, 11) is -3.23. The summed E-state index contributed by atoms with van der Waals surface area (Å²) in [4.78, 5) is 19.1. The highest BCUT2D eigenvalue weighted by Crippen LogP contribution is 2.28. The van der Waals surface area contributed by atoms with Crippen molar-refractivity contribution >= 4 is 27.2 Å². The molecule has 0 saturated heterocycles. The summed E-state index contributed by atoms with van der Waals surface area (Å²) in [6.45, 7) is 8.76. The zero-order valence-corrected chi connectivity index (χ0v) is 20.4. The molecule has 3 heterocycles. The molecular formula is C25H29N3O4S. The Morgan fingerprint density at radius 2 is 1.79 bits per heavy atom. The van der Waals surface area contributed by atoms with Gasteiger partial charge in [0.05, 0.1) is 10.6 Å². The van der Waals surface area contributed by atoms with Crippen molar-refractivity contribution in [2.75, 3.05) is 19.3 Å². The van der Waals surface area contributed by atoms with Crippen molar-refractivity contribution in [1.29, 1.82) is 0 Å². The molecule has 0 fully saturated rings. The van der Waals surface area contributed by atoms with E-state index in [0.29, 0.717) is 13.1 Å². The Labute approximate surface area is 194 Å². The molecule has 1 amide bonds. The number of imidazole rings is 1. The van der Waals surface area contributed by atoms with Crippen molar-refractivity contribution in [2.45, 2.75) is 44.6 Å². The van der Waals surface area contributed by atoms with E-state index in [2.05, 4.69) is 18.3 Å². The lowest BCUT2D eigenvalue weighted by molar-refractivity contribution is 0.0270. The van der Waals surface area contributed by atoms with E-state index in [1.54, 1.807) is 29.2 Å². The fourth-order valence-electron chi connectivity index (χ4n) is 3.88. The van der Waals surface area contributed by atoms with Crippen LogP contribution in [0.15, 0.2) is 53.7 Å². The highest BCUT2D eigenvalue weighted by molar-refractivity contribution is 7.90. The molecule has 2 aromatic heterocycles. The summed E-state index contributed by atoms with van der Waals surface area (Å²) in [5, 5.41) is 0. The van der Waals surface area contributed by atoms with Crippen LogP contribution < -0.4 is 0 Å². The predicted molar refractivity (Wildman–Crippen MR) is 129 cm³/mol. The number of hydrogen-bond donors (Lipinski definition) is 0. The number of sulfone groups is 1. The molecule has 0 radical (unpaired) electrons. The first-order valence-corrected chi connectivity index (χ1v) is 12.8. The molecule has 0 N–H and O–H groups in total. The van der Waals surface area contributed by atoms with E-state index in [9.17, 15) is 13.2 Å². The van der Waals surface area contributed by atoms with E-state index in [-0.39, 0.29) is 11.0 Å². The minimum Gasteiger partial charge on any atom is -0.444 e. The molecule has 0 bridgehead atoms. The maximum Gasteiger partial charge on any atom is 0.410 e. The first-order valence-electron chi connectivity index (χ1n) is 10.9. The number of carbonyl (C=O) groups is 1. The predicted octanol–water partition coefficient (Wildman–Crippen LogP) is 4.74. The van der Waals surface area contributed by atoms with Gasteiger partial charge in [-0.1, -0.05) is 18.2 Å². The van der Waals surface area contributed by atoms with Gasteiger partial charge in [0.2, 0.25) is 0 Å². The third-order valence-corrected chi connectivity index (χ3v) is 6.67. The zero-order valence-electron chi connectivity index (χ0n) is 19.6. The molecular weight excluding hydrogens is 438 g/mol. The molecule has 1 aliphatic heterocycles. The second kappa shape index (κ2) is 8.33. The third-order valence-electron chi connectivity index (χ3n) is 5.55. The quantitative estimate of drug-likeness (QED) is 0.556. The normalized spacial score (nSPS) is 14.9. The van der Waals surface area contributed by atoms with Crippen molar-refractivity contribution in [3.63, 3.8) is 0 Å². The van der Waals surface area contributed by atoms with Crippen LogP contribution in [0.2, 0.25) is 0 Å². The number of ether oxygens (including phenoxy) is 1. The minimum absolute atomic E-state index is 0.287. The van der Waals surface area contributed by atoms with Gasteiger partial charge < -0.3 is 14.0 Å². The summed E-state index contributed by atoms with van der Waals surface area (Å²) in [6.07, 6.45) is 7.75. The van der Waals surface area contributed by atoms with Crippen LogP contribution in [0.1, 0.15) is 38.3 Å². The Balaban J connectivity index is 1.58. The van der Waals surface area contributed by atoms with Gasteiger partial charge in [0.15, 0.2) is 9.84 Å². The summed E-state index contributed by atoms with van der Waals surface area (Å²) >= 11 is 0. The van der Waals surface area contributed by atoms with Crippen molar-refractivity contribution in [2.24, 2.45) is 0 Å². The topological polar surface area (TPSA) is 81.0 Å². The molecule has 0 atom stereocenters. The molecule has 4 rings (SSSR count). The first-order chi connectivity index (χ1) is 15.4. The number of rotatable bonds is 3. The Morgan fingerprint density at radius 3 is 2.36 bits per heavy atom. The SMILES string of the molecule is Cc1cc(C2=CCN(C(=O)OC(C)(C)C)CC2)cn2cc(-c3ccc(S(C)(=O)=O)cc3)nc12. The summed E-state index contributed by atoms with van der Waals surface area (Å²) in [6, 6.07) is 8.90. The number of pyridine rings is 1. The second-order valence-electron chi connectivity index (χ2n) is 9.47. The van der Waals surface area contributed by atoms with Crippen LogP contribution in [0.25, 0.3) is 22.5 Å². The van der Waals surface area contributed by atoms with Crippen LogP contribution in [0.4, 0.5) is 4.79 Å². The van der Waals surface area contributed by atoms with E-state index < -0.39 is 15.4 Å². The van der Waals surface area contributed by atoms with Crippen LogP contribution in [0, 0.1) is 6.92 Å². The van der Waals surface area contributed by atoms with Gasteiger partial charge in [0.25, 0.3) is 0 Å². The number of hydrogen-bond acceptors (Lipinski definition) is 5. The van der Waals surface area contributed by atoms with Gasteiger partial charge >= 0.3 is 6.09 Å². The van der Waals surface area contributed by atoms with Crippen LogP contribution in [-0.2, 0) is 14.6 Å². The fraction of sp³-hybridized carbons (Fsp3) is 0.360. The fourth-order valence-corrected chi connectivity index (χ4v) is 4.51. The van der Waals surface area contributed by atoms with Crippen molar-refractivity contribution in [1.82, 2.24) is 14.3 Å². The molecule has 7 nitrogen and oxygen atoms in total. The highest BCUT2D eigenvalue weighted by atomic mass is 32.2. The van der Waals surface area contributed by atoms with E-state index in [1.165, 1.54) is 11.8 Å². The van der Waals surface area contributed by atoms with Gasteiger partial charge in [-0.15, -0.1) is 0 Å². The third kappa shape index (κ3) is 5.11. The van der Waals surface area contributed by atoms with Crippen molar-refractivity contribution in [3.05, 3.63) is 59.9 Å². The molecule has 3 aromatic rings. The minimum atomic E-state index is -3.23. The highest BCUT2D eigenvalue weighted by Gasteiger charge is 2.24. The lowest BCUT2D eigenvalue weighted by Gasteiger charge is -2.29. The Bertz CT molecular complexity index is 1350. The number of nitrogens with zero attached hydrogens (tertiary/aromatic N) is 3. The maximum atomic E-state index is 12.3. The van der Waals surface area contributed by atoms with Gasteiger partial charge in [-0.05, 0) is 69.0 Å². The van der Waals surface area contributed by atoms with Gasteiger partial charge in [-0.25, -0.2) is 18.2 Å². The lowest BCUT2D eigenvalue weighted by atomic mass is 10.00. The van der Waals surface area contributed by atoms with E-state index >= 15 is 0 Å². The summed E-state index contributed by atoms with van der Waals surface area (Å²) in [5.74, 6) is 0. The molecule has 0 aliphatic carbocycles. The number of fused-ring (bicyclic) bond motifs is 1. The van der Waals surface area contributed by atoms with E-state index in [0.717, 1.165) is 34.5 Å². The van der Waals surface area contributed by atoms with Gasteiger partial charge in [-0.2, -0.15) is 0 Å². The lowest BCUT2D eigenvalue weighted by Crippen LogP contribution is -2.39. The van der Waals surface area contributed by atoms with Gasteiger partial charge in [-0.3, -0.25) is 0 Å². The van der Waals surface area contributed by atoms with Gasteiger partial charge in [0.1, 0.15) is 11.2 Å². The van der Waals surface area contributed by atoms with Crippen molar-refractivity contribution < 1.29 is 17.9 Å². The number of aromatic nitrogens is 2. The van der Waals surface area contributed by atoms with Crippen LogP contribution in [-0.4, -0.2) is 53.7 Å². The number of aryl methyl sites for hydroxylation is 1. The van der Waals surface area contributed by atoms with Gasteiger partial charge in [0, 0.05) is 37.3 Å². The van der Waals surface area contributed by atoms with E-state index in [4.69, 9.17) is 9.72 Å². The summed E-state index contributed by atoms with van der Waals surface area (Å²) in [5.41, 5.74) is 5.32. The molecule has 1 aromatic carbocycles. The Kier molecular flexibility index (Phi) is 5.82. The van der Waals surface area contributed by atoms with Crippen LogP contribution >= 0.6 is 0 Å². The zero-order chi connectivity index (χ0) is 24.0. The molecule has 0 saturated carbocycles. The molecule has 1 aliphatic rings. The summed E-state index contributed by atoms with van der Waals surface area (Å²) < 4.78 is 30.9. The van der Waals surface area contributed by atoms with Crippen LogP contribution in [0.5, 0.6) is 0 Å².